The lowest BCUT2D eigenvalue weighted by molar-refractivity contribution is -0.152. The lowest BCUT2D eigenvalue weighted by atomic mass is 10.1. The number of nitrogens with one attached hydrogen (secondary N) is 1. The number of hydrogen-bond donors (Lipinski definition) is 1. The van der Waals surface area contributed by atoms with Crippen LogP contribution in [0.5, 0.6) is 0 Å². The van der Waals surface area contributed by atoms with Gasteiger partial charge in [0.05, 0.1) is 12.4 Å². The van der Waals surface area contributed by atoms with Crippen molar-refractivity contribution in [2.45, 2.75) is 103 Å². The summed E-state index contributed by atoms with van der Waals surface area (Å²) in [5, 5.41) is 0. The third-order valence-electron chi connectivity index (χ3n) is 7.39. The van der Waals surface area contributed by atoms with Crippen LogP contribution in [0.2, 0.25) is 16.6 Å². The van der Waals surface area contributed by atoms with E-state index in [1.54, 1.807) is 23.1 Å². The van der Waals surface area contributed by atoms with E-state index in [0.29, 0.717) is 34.5 Å². The van der Waals surface area contributed by atoms with E-state index < -0.39 is 26.8 Å². The van der Waals surface area contributed by atoms with Gasteiger partial charge in [0.1, 0.15) is 6.10 Å². The lowest BCUT2D eigenvalue weighted by Gasteiger charge is -2.45. The summed E-state index contributed by atoms with van der Waals surface area (Å²) in [5.41, 5.74) is 1.48. The molecule has 0 radical (unpaired) electrons. The molecular formula is C24H37N5O5Si. The molecular weight excluding hydrogens is 466 g/mol. The van der Waals surface area contributed by atoms with Gasteiger partial charge in [0.15, 0.2) is 23.5 Å². The van der Waals surface area contributed by atoms with Crippen molar-refractivity contribution in [3.8, 4) is 0 Å². The van der Waals surface area contributed by atoms with E-state index in [1.807, 2.05) is 11.5 Å². The van der Waals surface area contributed by atoms with Crippen LogP contribution in [0.25, 0.3) is 16.9 Å². The Morgan fingerprint density at radius 3 is 2.37 bits per heavy atom. The molecule has 1 aliphatic rings. The highest BCUT2D eigenvalue weighted by molar-refractivity contribution is 6.77. The quantitative estimate of drug-likeness (QED) is 0.362. The molecule has 4 rings (SSSR count). The Morgan fingerprint density at radius 1 is 1.14 bits per heavy atom. The number of aromatic nitrogens is 5. The van der Waals surface area contributed by atoms with Crippen LogP contribution in [0.15, 0.2) is 23.5 Å². The maximum absolute atomic E-state index is 12.7. The summed E-state index contributed by atoms with van der Waals surface area (Å²) < 4.78 is 23.2. The molecule has 10 nitrogen and oxygen atoms in total. The molecule has 4 atom stereocenters. The normalized spacial score (nSPS) is 23.4. The van der Waals surface area contributed by atoms with E-state index in [-0.39, 0.29) is 23.1 Å². The van der Waals surface area contributed by atoms with Crippen LogP contribution in [0.1, 0.15) is 68.0 Å². The van der Waals surface area contributed by atoms with Crippen molar-refractivity contribution in [2.75, 3.05) is 0 Å². The Hall–Kier alpha value is -2.50. The largest absolute Gasteiger partial charge is 0.457 e. The number of H-pyrrole nitrogens is 1. The summed E-state index contributed by atoms with van der Waals surface area (Å²) in [6, 6.07) is 0. The zero-order chi connectivity index (χ0) is 25.7. The molecule has 0 bridgehead atoms. The molecule has 1 N–H and O–H groups in total. The van der Waals surface area contributed by atoms with Gasteiger partial charge in [-0.15, -0.1) is 0 Å². The first-order valence-corrected chi connectivity index (χ1v) is 14.6. The van der Waals surface area contributed by atoms with Gasteiger partial charge in [-0.3, -0.25) is 23.5 Å². The summed E-state index contributed by atoms with van der Waals surface area (Å²) >= 11 is 0. The Morgan fingerprint density at radius 2 is 1.80 bits per heavy atom. The van der Waals surface area contributed by atoms with Crippen molar-refractivity contribution in [1.29, 1.82) is 0 Å². The number of nitrogens with zero attached hydrogens (tertiary/aromatic N) is 4. The van der Waals surface area contributed by atoms with Crippen molar-refractivity contribution >= 4 is 31.2 Å². The van der Waals surface area contributed by atoms with Crippen molar-refractivity contribution in [3.05, 3.63) is 29.1 Å². The summed E-state index contributed by atoms with van der Waals surface area (Å²) in [6.07, 6.45) is 3.51. The van der Waals surface area contributed by atoms with Gasteiger partial charge in [0, 0.05) is 19.3 Å². The first-order chi connectivity index (χ1) is 16.5. The van der Waals surface area contributed by atoms with Gasteiger partial charge >= 0.3 is 5.97 Å². The summed E-state index contributed by atoms with van der Waals surface area (Å²) in [7, 11) is -2.39. The third kappa shape index (κ3) is 4.13. The molecule has 1 fully saturated rings. The Bertz CT molecular complexity index is 1240. The number of ether oxygens (including phenoxy) is 2. The van der Waals surface area contributed by atoms with E-state index in [1.165, 1.54) is 6.92 Å². The zero-order valence-corrected chi connectivity index (χ0v) is 22.8. The smallest absolute Gasteiger partial charge is 0.303 e. The molecule has 0 saturated carbocycles. The monoisotopic (exact) mass is 503 g/mol. The molecule has 35 heavy (non-hydrogen) atoms. The number of carbonyl (C=O) groups is 1. The maximum atomic E-state index is 12.7. The molecule has 0 unspecified atom stereocenters. The van der Waals surface area contributed by atoms with E-state index >= 15 is 0 Å². The number of hydrogen-bond acceptors (Lipinski definition) is 7. The standard InChI is InChI=1S/C24H37N5O5Si/c1-9-17-19(32-16(8)30)20(34-35(13(2)3,14(4)5)15(6)7)23(33-17)29-12-26-18-21(31)27-24-25-10-11-28(24)22(18)29/h10-15,17,19-20,23H,9H2,1-8H3,(H,25,27,31)/t17-,19-,20-,23-/m1/s1. The molecule has 1 saturated heterocycles. The van der Waals surface area contributed by atoms with Crippen molar-refractivity contribution < 1.29 is 18.7 Å². The van der Waals surface area contributed by atoms with Gasteiger partial charge in [-0.1, -0.05) is 48.5 Å². The van der Waals surface area contributed by atoms with Crippen LogP contribution in [0, 0.1) is 0 Å². The SMILES string of the molecule is CC[C@H]1O[C@@H](n2cnc3c(=O)[nH]c4nccn4c32)[C@H](O[Si](C(C)C)(C(C)C)C(C)C)[C@@H]1OC(C)=O. The average molecular weight is 504 g/mol. The molecule has 3 aromatic rings. The molecule has 1 aliphatic heterocycles. The average Bonchev–Trinajstić information content (AvgIpc) is 3.47. The Kier molecular flexibility index (Phi) is 6.95. The van der Waals surface area contributed by atoms with Crippen LogP contribution >= 0.6 is 0 Å². The molecule has 0 aromatic carbocycles. The Labute approximate surface area is 206 Å². The minimum Gasteiger partial charge on any atom is -0.457 e. The number of carbonyl (C=O) groups excluding carboxylic acids is 1. The number of aromatic amines is 1. The molecule has 0 aliphatic carbocycles. The topological polar surface area (TPSA) is 113 Å². The Balaban J connectivity index is 1.91. The van der Waals surface area contributed by atoms with E-state index in [4.69, 9.17) is 13.9 Å². The van der Waals surface area contributed by atoms with Crippen LogP contribution in [0.4, 0.5) is 0 Å². The van der Waals surface area contributed by atoms with Crippen molar-refractivity contribution in [1.82, 2.24) is 23.9 Å². The highest BCUT2D eigenvalue weighted by Gasteiger charge is 2.55. The van der Waals surface area contributed by atoms with E-state index in [9.17, 15) is 9.59 Å². The second-order valence-corrected chi connectivity index (χ2v) is 15.8. The number of esters is 1. The predicted octanol–water partition coefficient (Wildman–Crippen LogP) is 4.17. The highest BCUT2D eigenvalue weighted by Crippen LogP contribution is 2.47. The van der Waals surface area contributed by atoms with Crippen LogP contribution in [0.3, 0.4) is 0 Å². The third-order valence-corrected chi connectivity index (χ3v) is 13.5. The van der Waals surface area contributed by atoms with Gasteiger partial charge in [-0.25, -0.2) is 9.97 Å². The number of imidazole rings is 2. The summed E-state index contributed by atoms with van der Waals surface area (Å²) in [4.78, 5) is 36.3. The molecule has 3 aromatic heterocycles. The maximum Gasteiger partial charge on any atom is 0.303 e. The fourth-order valence-corrected chi connectivity index (χ4v) is 11.6. The molecule has 4 heterocycles. The van der Waals surface area contributed by atoms with Crippen molar-refractivity contribution in [2.24, 2.45) is 0 Å². The van der Waals surface area contributed by atoms with Gasteiger partial charge in [-0.05, 0) is 23.0 Å². The minimum atomic E-state index is -2.39. The fraction of sp³-hybridized carbons (Fsp3) is 0.667. The second-order valence-electron chi connectivity index (χ2n) is 10.3. The molecule has 0 spiro atoms. The lowest BCUT2D eigenvalue weighted by Crippen LogP contribution is -2.53. The predicted molar refractivity (Wildman–Crippen MR) is 135 cm³/mol. The summed E-state index contributed by atoms with van der Waals surface area (Å²) in [6.45, 7) is 16.7. The molecule has 0 amide bonds. The van der Waals surface area contributed by atoms with Crippen LogP contribution < -0.4 is 5.56 Å². The minimum absolute atomic E-state index is 0.280. The second kappa shape index (κ2) is 9.51. The van der Waals surface area contributed by atoms with Crippen LogP contribution in [-0.2, 0) is 18.7 Å². The van der Waals surface area contributed by atoms with Gasteiger partial charge < -0.3 is 13.9 Å². The van der Waals surface area contributed by atoms with E-state index in [0.717, 1.165) is 0 Å². The van der Waals surface area contributed by atoms with Gasteiger partial charge in [0.2, 0.25) is 14.1 Å². The molecule has 192 valence electrons. The molecule has 11 heteroatoms. The summed E-state index contributed by atoms with van der Waals surface area (Å²) in [5.74, 6) is 0.0414. The van der Waals surface area contributed by atoms with E-state index in [2.05, 4.69) is 56.5 Å². The first-order valence-electron chi connectivity index (χ1n) is 12.4. The van der Waals surface area contributed by atoms with Crippen molar-refractivity contribution in [3.63, 3.8) is 0 Å². The number of rotatable bonds is 8. The highest BCUT2D eigenvalue weighted by atomic mass is 28.4. The fourth-order valence-electron chi connectivity index (χ4n) is 6.03. The van der Waals surface area contributed by atoms with Gasteiger partial charge in [0.25, 0.3) is 5.56 Å². The van der Waals surface area contributed by atoms with Crippen LogP contribution in [-0.4, -0.2) is 56.5 Å². The van der Waals surface area contributed by atoms with Gasteiger partial charge in [-0.2, -0.15) is 0 Å². The number of fused-ring (bicyclic) bond motifs is 3. The first kappa shape index (κ1) is 25.6. The zero-order valence-electron chi connectivity index (χ0n) is 21.8.